The first kappa shape index (κ1) is 24.2. The molecule has 1 N–H and O–H groups in total. The Labute approximate surface area is 206 Å². The van der Waals surface area contributed by atoms with Gasteiger partial charge in [-0.15, -0.1) is 10.2 Å². The molecule has 1 aromatic heterocycles. The van der Waals surface area contributed by atoms with E-state index in [0.717, 1.165) is 29.0 Å². The monoisotopic (exact) mass is 516 g/mol. The fraction of sp³-hybridized carbons (Fsp3) is 0.238. The number of non-ortho nitro benzene ring substituents is 1. The van der Waals surface area contributed by atoms with Gasteiger partial charge in [-0.25, -0.2) is 0 Å². The standard InChI is InChI=1S/C21H17ClN6O6S/c1-10-3-4-13(7-16(10)22)26-9-12(5-18(26)29)20-24-25-21(35-20)23-19(30)15-6-14(27(31)32)8-17(11(15)2)28(33)34/h3-4,6-8,12H,5,9H2,1-2H3,(H,23,25,30). The number of nitrogens with zero attached hydrogens (tertiary/aromatic N) is 5. The van der Waals surface area contributed by atoms with Crippen molar-refractivity contribution in [3.63, 3.8) is 0 Å². The third-order valence-electron chi connectivity index (χ3n) is 5.62. The van der Waals surface area contributed by atoms with Gasteiger partial charge in [-0.2, -0.15) is 0 Å². The molecule has 2 aromatic carbocycles. The van der Waals surface area contributed by atoms with Crippen LogP contribution in [0.4, 0.5) is 22.2 Å². The number of carbonyl (C=O) groups is 2. The van der Waals surface area contributed by atoms with E-state index in [4.69, 9.17) is 11.6 Å². The number of benzene rings is 2. The second-order valence-corrected chi connectivity index (χ2v) is 9.31. The van der Waals surface area contributed by atoms with Crippen LogP contribution in [0.5, 0.6) is 0 Å². The summed E-state index contributed by atoms with van der Waals surface area (Å²) >= 11 is 7.25. The Morgan fingerprint density at radius 1 is 1.17 bits per heavy atom. The van der Waals surface area contributed by atoms with Crippen molar-refractivity contribution in [3.05, 3.63) is 77.3 Å². The van der Waals surface area contributed by atoms with Gasteiger partial charge < -0.3 is 4.90 Å². The summed E-state index contributed by atoms with van der Waals surface area (Å²) in [4.78, 5) is 47.8. The van der Waals surface area contributed by atoms with Gasteiger partial charge in [0.15, 0.2) is 0 Å². The molecule has 1 aliphatic rings. The molecule has 0 radical (unpaired) electrons. The number of hydrogen-bond donors (Lipinski definition) is 1. The van der Waals surface area contributed by atoms with Crippen LogP contribution in [0, 0.1) is 34.1 Å². The quantitative estimate of drug-likeness (QED) is 0.372. The second kappa shape index (κ2) is 9.35. The van der Waals surface area contributed by atoms with Crippen LogP contribution >= 0.6 is 22.9 Å². The number of rotatable bonds is 6. The number of carbonyl (C=O) groups excluding carboxylic acids is 2. The second-order valence-electron chi connectivity index (χ2n) is 7.89. The highest BCUT2D eigenvalue weighted by atomic mass is 35.5. The molecule has 1 atom stereocenters. The molecule has 2 amide bonds. The van der Waals surface area contributed by atoms with Gasteiger partial charge in [-0.3, -0.25) is 35.1 Å². The summed E-state index contributed by atoms with van der Waals surface area (Å²) in [6.45, 7) is 3.56. The van der Waals surface area contributed by atoms with E-state index in [2.05, 4.69) is 15.5 Å². The SMILES string of the molecule is Cc1ccc(N2CC(c3nnc(NC(=O)c4cc([N+](=O)[O-])cc([N+](=O)[O-])c4C)s3)CC2=O)cc1Cl. The minimum absolute atomic E-state index is 0.0170. The molecule has 0 spiro atoms. The van der Waals surface area contributed by atoms with Crippen molar-refractivity contribution in [1.82, 2.24) is 10.2 Å². The topological polar surface area (TPSA) is 161 Å². The van der Waals surface area contributed by atoms with E-state index in [1.165, 1.54) is 6.92 Å². The number of hydrogen-bond acceptors (Lipinski definition) is 9. The molecular weight excluding hydrogens is 500 g/mol. The Bertz CT molecular complexity index is 1390. The number of aryl methyl sites for hydroxylation is 1. The largest absolute Gasteiger partial charge is 0.312 e. The molecule has 180 valence electrons. The maximum absolute atomic E-state index is 12.8. The Kier molecular flexibility index (Phi) is 6.45. The van der Waals surface area contributed by atoms with Crippen molar-refractivity contribution in [2.24, 2.45) is 0 Å². The van der Waals surface area contributed by atoms with Crippen molar-refractivity contribution in [2.45, 2.75) is 26.2 Å². The van der Waals surface area contributed by atoms with Gasteiger partial charge in [-0.1, -0.05) is 29.0 Å². The van der Waals surface area contributed by atoms with E-state index < -0.39 is 27.1 Å². The molecule has 0 saturated carbocycles. The van der Waals surface area contributed by atoms with Crippen LogP contribution in [-0.4, -0.2) is 38.4 Å². The van der Waals surface area contributed by atoms with Crippen LogP contribution in [0.15, 0.2) is 30.3 Å². The van der Waals surface area contributed by atoms with Crippen molar-refractivity contribution in [2.75, 3.05) is 16.8 Å². The molecule has 2 heterocycles. The fourth-order valence-corrected chi connectivity index (χ4v) is 4.71. The Morgan fingerprint density at radius 3 is 2.57 bits per heavy atom. The van der Waals surface area contributed by atoms with Crippen LogP contribution in [0.3, 0.4) is 0 Å². The first-order valence-electron chi connectivity index (χ1n) is 10.2. The molecule has 12 nitrogen and oxygen atoms in total. The molecule has 4 rings (SSSR count). The maximum atomic E-state index is 12.8. The van der Waals surface area contributed by atoms with Crippen LogP contribution in [0.25, 0.3) is 0 Å². The maximum Gasteiger partial charge on any atom is 0.279 e. The van der Waals surface area contributed by atoms with E-state index in [1.54, 1.807) is 11.0 Å². The van der Waals surface area contributed by atoms with E-state index in [1.807, 2.05) is 19.1 Å². The zero-order valence-corrected chi connectivity index (χ0v) is 19.9. The molecule has 1 aliphatic heterocycles. The van der Waals surface area contributed by atoms with Crippen LogP contribution < -0.4 is 10.2 Å². The molecule has 1 fully saturated rings. The summed E-state index contributed by atoms with van der Waals surface area (Å²) in [5, 5.41) is 34.1. The highest BCUT2D eigenvalue weighted by Gasteiger charge is 2.34. The van der Waals surface area contributed by atoms with Gasteiger partial charge >= 0.3 is 0 Å². The Balaban J connectivity index is 1.52. The highest BCUT2D eigenvalue weighted by molar-refractivity contribution is 7.15. The summed E-state index contributed by atoms with van der Waals surface area (Å²) in [7, 11) is 0. The number of halogens is 1. The van der Waals surface area contributed by atoms with Crippen molar-refractivity contribution >= 4 is 56.9 Å². The van der Waals surface area contributed by atoms with Crippen molar-refractivity contribution < 1.29 is 19.4 Å². The van der Waals surface area contributed by atoms with Gasteiger partial charge in [0.2, 0.25) is 11.0 Å². The minimum atomic E-state index is -0.809. The summed E-state index contributed by atoms with van der Waals surface area (Å²) in [6.07, 6.45) is 0.199. The minimum Gasteiger partial charge on any atom is -0.312 e. The number of nitro benzene ring substituents is 2. The number of amides is 2. The average Bonchev–Trinajstić information content (AvgIpc) is 3.41. The lowest BCUT2D eigenvalue weighted by Crippen LogP contribution is -2.24. The number of nitro groups is 2. The lowest BCUT2D eigenvalue weighted by atomic mass is 10.0. The zero-order valence-electron chi connectivity index (χ0n) is 18.4. The summed E-state index contributed by atoms with van der Waals surface area (Å²) in [5.74, 6) is -1.16. The molecule has 0 aliphatic carbocycles. The molecule has 1 unspecified atom stereocenters. The first-order valence-corrected chi connectivity index (χ1v) is 11.4. The van der Waals surface area contributed by atoms with E-state index in [0.29, 0.717) is 22.3 Å². The Morgan fingerprint density at radius 2 is 1.91 bits per heavy atom. The molecule has 3 aromatic rings. The summed E-state index contributed by atoms with van der Waals surface area (Å²) in [6, 6.07) is 7.15. The number of aromatic nitrogens is 2. The van der Waals surface area contributed by atoms with Gasteiger partial charge in [0.05, 0.1) is 21.5 Å². The number of nitrogens with one attached hydrogen (secondary N) is 1. The molecule has 35 heavy (non-hydrogen) atoms. The first-order chi connectivity index (χ1) is 16.5. The van der Waals surface area contributed by atoms with Crippen LogP contribution in [0.2, 0.25) is 5.02 Å². The van der Waals surface area contributed by atoms with E-state index in [-0.39, 0.29) is 34.5 Å². The van der Waals surface area contributed by atoms with E-state index in [9.17, 15) is 29.8 Å². The molecule has 14 heteroatoms. The predicted molar refractivity (Wildman–Crippen MR) is 128 cm³/mol. The lowest BCUT2D eigenvalue weighted by Gasteiger charge is -2.17. The van der Waals surface area contributed by atoms with Crippen molar-refractivity contribution in [1.29, 1.82) is 0 Å². The molecule has 0 bridgehead atoms. The third kappa shape index (κ3) is 4.81. The van der Waals surface area contributed by atoms with Crippen molar-refractivity contribution in [3.8, 4) is 0 Å². The lowest BCUT2D eigenvalue weighted by molar-refractivity contribution is -0.394. The molecular formula is C21H17ClN6O6S. The summed E-state index contributed by atoms with van der Waals surface area (Å²) < 4.78 is 0. The molecule has 1 saturated heterocycles. The summed E-state index contributed by atoms with van der Waals surface area (Å²) in [5.41, 5.74) is 0.216. The fourth-order valence-electron chi connectivity index (χ4n) is 3.70. The zero-order chi connectivity index (χ0) is 25.4. The predicted octanol–water partition coefficient (Wildman–Crippen LogP) is 4.40. The smallest absolute Gasteiger partial charge is 0.279 e. The van der Waals surface area contributed by atoms with Gasteiger partial charge in [0.25, 0.3) is 17.3 Å². The normalized spacial score (nSPS) is 15.3. The van der Waals surface area contributed by atoms with Gasteiger partial charge in [0.1, 0.15) is 5.01 Å². The average molecular weight is 517 g/mol. The van der Waals surface area contributed by atoms with Crippen LogP contribution in [0.1, 0.15) is 38.8 Å². The van der Waals surface area contributed by atoms with Gasteiger partial charge in [0, 0.05) is 41.2 Å². The highest BCUT2D eigenvalue weighted by Crippen LogP contribution is 2.36. The van der Waals surface area contributed by atoms with E-state index >= 15 is 0 Å². The van der Waals surface area contributed by atoms with Gasteiger partial charge in [-0.05, 0) is 31.5 Å². The Hall–Kier alpha value is -3.97. The third-order valence-corrected chi connectivity index (χ3v) is 7.03. The number of anilines is 2. The van der Waals surface area contributed by atoms with Crippen LogP contribution in [-0.2, 0) is 4.79 Å².